The minimum absolute atomic E-state index is 0.0355. The fourth-order valence-electron chi connectivity index (χ4n) is 2.00. The lowest BCUT2D eigenvalue weighted by atomic mass is 10.0. The van der Waals surface area contributed by atoms with Crippen molar-refractivity contribution >= 4 is 11.0 Å². The highest BCUT2D eigenvalue weighted by Gasteiger charge is 2.17. The third-order valence-corrected chi connectivity index (χ3v) is 2.81. The summed E-state index contributed by atoms with van der Waals surface area (Å²) in [5, 5.41) is 3.47. The number of rotatable bonds is 4. The van der Waals surface area contributed by atoms with Crippen LogP contribution in [0.4, 0.5) is 8.78 Å². The van der Waals surface area contributed by atoms with Crippen molar-refractivity contribution in [2.24, 2.45) is 0 Å². The van der Waals surface area contributed by atoms with Crippen molar-refractivity contribution in [3.05, 3.63) is 35.6 Å². The lowest BCUT2D eigenvalue weighted by Crippen LogP contribution is -2.28. The summed E-state index contributed by atoms with van der Waals surface area (Å²) in [7, 11) is 0. The van der Waals surface area contributed by atoms with Gasteiger partial charge in [-0.25, -0.2) is 8.78 Å². The van der Waals surface area contributed by atoms with Gasteiger partial charge in [0.25, 0.3) is 0 Å². The molecule has 4 heteroatoms. The number of nitrogens with one attached hydrogen (secondary N) is 1. The third-order valence-electron chi connectivity index (χ3n) is 2.81. The number of hydrogen-bond donors (Lipinski definition) is 1. The van der Waals surface area contributed by atoms with Crippen molar-refractivity contribution < 1.29 is 13.2 Å². The van der Waals surface area contributed by atoms with Crippen LogP contribution in [-0.2, 0) is 6.42 Å². The van der Waals surface area contributed by atoms with Crippen LogP contribution in [0.25, 0.3) is 11.0 Å². The van der Waals surface area contributed by atoms with Gasteiger partial charge in [0.05, 0.1) is 11.6 Å². The van der Waals surface area contributed by atoms with E-state index in [1.807, 2.05) is 13.8 Å². The maximum atomic E-state index is 14.0. The van der Waals surface area contributed by atoms with E-state index in [0.29, 0.717) is 11.8 Å². The molecule has 2 nitrogen and oxygen atoms in total. The van der Waals surface area contributed by atoms with Crippen molar-refractivity contribution in [1.82, 2.24) is 5.32 Å². The van der Waals surface area contributed by atoms with E-state index < -0.39 is 11.6 Å². The van der Waals surface area contributed by atoms with E-state index in [4.69, 9.17) is 4.42 Å². The summed E-state index contributed by atoms with van der Waals surface area (Å²) in [6.07, 6.45) is 1.69. The molecule has 0 aliphatic heterocycles. The molecule has 0 bridgehead atoms. The summed E-state index contributed by atoms with van der Waals surface area (Å²) in [5.41, 5.74) is 0.368. The quantitative estimate of drug-likeness (QED) is 0.886. The molecule has 17 heavy (non-hydrogen) atoms. The van der Waals surface area contributed by atoms with Crippen LogP contribution >= 0.6 is 0 Å². The van der Waals surface area contributed by atoms with E-state index in [0.717, 1.165) is 6.54 Å². The van der Waals surface area contributed by atoms with Gasteiger partial charge >= 0.3 is 0 Å². The smallest absolute Gasteiger partial charge is 0.140 e. The van der Waals surface area contributed by atoms with Crippen molar-refractivity contribution in [1.29, 1.82) is 0 Å². The molecule has 0 amide bonds. The van der Waals surface area contributed by atoms with E-state index in [1.165, 1.54) is 18.4 Å². The van der Waals surface area contributed by atoms with E-state index in [-0.39, 0.29) is 17.2 Å². The molecule has 1 heterocycles. The molecule has 0 fully saturated rings. The predicted molar refractivity (Wildman–Crippen MR) is 63.0 cm³/mol. The van der Waals surface area contributed by atoms with Crippen LogP contribution in [0.5, 0.6) is 0 Å². The average Bonchev–Trinajstić information content (AvgIpc) is 2.72. The number of benzene rings is 1. The molecule has 0 radical (unpaired) electrons. The molecule has 92 valence electrons. The second kappa shape index (κ2) is 4.84. The molecular formula is C13H15F2NO. The van der Waals surface area contributed by atoms with Gasteiger partial charge in [-0.05, 0) is 26.0 Å². The van der Waals surface area contributed by atoms with Crippen molar-refractivity contribution in [3.63, 3.8) is 0 Å². The van der Waals surface area contributed by atoms with E-state index in [2.05, 4.69) is 5.32 Å². The first kappa shape index (κ1) is 12.0. The molecular weight excluding hydrogens is 224 g/mol. The van der Waals surface area contributed by atoms with Gasteiger partial charge in [-0.2, -0.15) is 0 Å². The summed E-state index contributed by atoms with van der Waals surface area (Å²) >= 11 is 0. The molecule has 0 saturated carbocycles. The Morgan fingerprint density at radius 2 is 2.18 bits per heavy atom. The summed E-state index contributed by atoms with van der Waals surface area (Å²) in [5.74, 6) is -1.06. The molecule has 2 rings (SSSR count). The molecule has 1 aromatic carbocycles. The summed E-state index contributed by atoms with van der Waals surface area (Å²) in [6, 6.07) is 2.80. The maximum absolute atomic E-state index is 14.0. The fourth-order valence-corrected chi connectivity index (χ4v) is 2.00. The van der Waals surface area contributed by atoms with Gasteiger partial charge in [0.1, 0.15) is 17.2 Å². The molecule has 0 unspecified atom stereocenters. The van der Waals surface area contributed by atoms with E-state index in [1.54, 1.807) is 0 Å². The molecule has 1 N–H and O–H groups in total. The second-order valence-electron chi connectivity index (χ2n) is 4.15. The van der Waals surface area contributed by atoms with Crippen molar-refractivity contribution in [2.75, 3.05) is 6.54 Å². The Hall–Kier alpha value is -1.42. The Labute approximate surface area is 98.6 Å². The Morgan fingerprint density at radius 1 is 1.41 bits per heavy atom. The highest BCUT2D eigenvalue weighted by Crippen LogP contribution is 2.25. The Morgan fingerprint density at radius 3 is 2.88 bits per heavy atom. The zero-order chi connectivity index (χ0) is 12.4. The summed E-state index contributed by atoms with van der Waals surface area (Å²) in [4.78, 5) is 0. The van der Waals surface area contributed by atoms with Gasteiger partial charge in [0.15, 0.2) is 0 Å². The maximum Gasteiger partial charge on any atom is 0.140 e. The molecule has 0 aliphatic carbocycles. The van der Waals surface area contributed by atoms with Crippen LogP contribution in [0.1, 0.15) is 19.4 Å². The number of furan rings is 1. The minimum Gasteiger partial charge on any atom is -0.464 e. The van der Waals surface area contributed by atoms with Gasteiger partial charge in [-0.1, -0.05) is 6.92 Å². The molecule has 0 aliphatic rings. The van der Waals surface area contributed by atoms with Gasteiger partial charge in [-0.3, -0.25) is 0 Å². The monoisotopic (exact) mass is 239 g/mol. The van der Waals surface area contributed by atoms with E-state index >= 15 is 0 Å². The van der Waals surface area contributed by atoms with Gasteiger partial charge in [-0.15, -0.1) is 0 Å². The fraction of sp³-hybridized carbons (Fsp3) is 0.385. The lowest BCUT2D eigenvalue weighted by molar-refractivity contribution is 0.510. The highest BCUT2D eigenvalue weighted by atomic mass is 19.1. The largest absolute Gasteiger partial charge is 0.464 e. The number of hydrogen-bond acceptors (Lipinski definition) is 2. The first-order valence-corrected chi connectivity index (χ1v) is 5.71. The standard InChI is InChI=1S/C13H15F2NO/c1-3-16-8(2)6-10-11(14)7-12-9(13(10)15)4-5-17-12/h4-5,7-8,16H,3,6H2,1-2H3/t8-/m0/s1. The predicted octanol–water partition coefficient (Wildman–Crippen LogP) is 3.25. The number of halogens is 2. The summed E-state index contributed by atoms with van der Waals surface area (Å²) < 4.78 is 32.8. The van der Waals surface area contributed by atoms with Gasteiger partial charge < -0.3 is 9.73 Å². The van der Waals surface area contributed by atoms with Crippen LogP contribution < -0.4 is 5.32 Å². The molecule has 0 saturated heterocycles. The first-order valence-electron chi connectivity index (χ1n) is 5.71. The topological polar surface area (TPSA) is 25.2 Å². The van der Waals surface area contributed by atoms with Crippen molar-refractivity contribution in [3.8, 4) is 0 Å². The Bertz CT molecular complexity index is 521. The zero-order valence-electron chi connectivity index (χ0n) is 9.89. The molecule has 1 atom stereocenters. The van der Waals surface area contributed by atoms with Gasteiger partial charge in [0, 0.05) is 17.7 Å². The number of likely N-dealkylation sites (N-methyl/N-ethyl adjacent to an activating group) is 1. The van der Waals surface area contributed by atoms with Crippen LogP contribution in [0, 0.1) is 11.6 Å². The third kappa shape index (κ3) is 2.31. The Balaban J connectivity index is 2.38. The molecule has 2 aromatic rings. The van der Waals surface area contributed by atoms with Crippen LogP contribution in [0.3, 0.4) is 0 Å². The molecule has 1 aromatic heterocycles. The number of fused-ring (bicyclic) bond motifs is 1. The SMILES string of the molecule is CCN[C@@H](C)Cc1c(F)cc2occc2c1F. The zero-order valence-corrected chi connectivity index (χ0v) is 9.89. The second-order valence-corrected chi connectivity index (χ2v) is 4.15. The van der Waals surface area contributed by atoms with Crippen LogP contribution in [0.2, 0.25) is 0 Å². The lowest BCUT2D eigenvalue weighted by Gasteiger charge is -2.13. The van der Waals surface area contributed by atoms with E-state index in [9.17, 15) is 8.78 Å². The highest BCUT2D eigenvalue weighted by molar-refractivity contribution is 5.78. The normalized spacial score (nSPS) is 13.2. The first-order chi connectivity index (χ1) is 8.13. The molecule has 0 spiro atoms. The Kier molecular flexibility index (Phi) is 3.43. The average molecular weight is 239 g/mol. The van der Waals surface area contributed by atoms with Crippen LogP contribution in [0.15, 0.2) is 22.8 Å². The summed E-state index contributed by atoms with van der Waals surface area (Å²) in [6.45, 7) is 4.64. The minimum atomic E-state index is -0.547. The van der Waals surface area contributed by atoms with Gasteiger partial charge in [0.2, 0.25) is 0 Å². The van der Waals surface area contributed by atoms with Crippen molar-refractivity contribution in [2.45, 2.75) is 26.3 Å². The van der Waals surface area contributed by atoms with Crippen LogP contribution in [-0.4, -0.2) is 12.6 Å².